The molecule has 1 fully saturated rings. The van der Waals surface area contributed by atoms with Crippen LogP contribution in [-0.2, 0) is 0 Å². The molecule has 6 heteroatoms. The molecular weight excluding hydrogens is 352 g/mol. The summed E-state index contributed by atoms with van der Waals surface area (Å²) in [6.07, 6.45) is -0.623. The predicted octanol–water partition coefficient (Wildman–Crippen LogP) is 3.21. The van der Waals surface area contributed by atoms with Crippen molar-refractivity contribution in [3.63, 3.8) is 0 Å². The summed E-state index contributed by atoms with van der Waals surface area (Å²) >= 11 is 5.96. The Balaban J connectivity index is 1.60. The molecule has 140 valence electrons. The molecule has 1 atom stereocenters. The van der Waals surface area contributed by atoms with Gasteiger partial charge in [-0.3, -0.25) is 4.90 Å². The Morgan fingerprint density at radius 2 is 1.69 bits per heavy atom. The zero-order valence-corrected chi connectivity index (χ0v) is 15.9. The summed E-state index contributed by atoms with van der Waals surface area (Å²) in [6.45, 7) is 4.20. The fourth-order valence-electron chi connectivity index (χ4n) is 3.28. The number of rotatable bonds is 6. The largest absolute Gasteiger partial charge is 0.497 e. The van der Waals surface area contributed by atoms with Gasteiger partial charge in [-0.1, -0.05) is 11.6 Å². The summed E-state index contributed by atoms with van der Waals surface area (Å²) in [4.78, 5) is 4.61. The van der Waals surface area contributed by atoms with Crippen LogP contribution in [-0.4, -0.2) is 56.9 Å². The lowest BCUT2D eigenvalue weighted by Gasteiger charge is -2.37. The van der Waals surface area contributed by atoms with E-state index in [0.717, 1.165) is 36.8 Å². The van der Waals surface area contributed by atoms with Gasteiger partial charge in [0.25, 0.3) is 0 Å². The molecule has 0 saturated carbocycles. The highest BCUT2D eigenvalue weighted by atomic mass is 35.5. The first-order valence-electron chi connectivity index (χ1n) is 8.73. The number of methoxy groups -OCH3 is 2. The number of aliphatic hydroxyl groups is 1. The Morgan fingerprint density at radius 3 is 2.31 bits per heavy atom. The third kappa shape index (κ3) is 4.41. The molecule has 0 aromatic heterocycles. The van der Waals surface area contributed by atoms with Gasteiger partial charge in [-0.25, -0.2) is 0 Å². The monoisotopic (exact) mass is 376 g/mol. The van der Waals surface area contributed by atoms with E-state index in [0.29, 0.717) is 18.0 Å². The standard InChI is InChI=1S/C20H25ClN2O3/c1-25-17-7-8-20(26-2)18(13-17)19(24)14-22-9-11-23(12-10-22)16-5-3-15(21)4-6-16/h3-8,13,19,24H,9-12,14H2,1-2H3. The fraction of sp³-hybridized carbons (Fsp3) is 0.400. The number of piperazine rings is 1. The van der Waals surface area contributed by atoms with Gasteiger partial charge in [-0.15, -0.1) is 0 Å². The van der Waals surface area contributed by atoms with Crippen LogP contribution in [0.15, 0.2) is 42.5 Å². The molecule has 1 saturated heterocycles. The minimum absolute atomic E-state index is 0.567. The second-order valence-corrected chi connectivity index (χ2v) is 6.82. The fourth-order valence-corrected chi connectivity index (χ4v) is 3.41. The van der Waals surface area contributed by atoms with E-state index in [2.05, 4.69) is 9.80 Å². The Kier molecular flexibility index (Phi) is 6.25. The number of nitrogens with zero attached hydrogens (tertiary/aromatic N) is 2. The molecule has 0 aliphatic carbocycles. The summed E-state index contributed by atoms with van der Waals surface area (Å²) in [6, 6.07) is 13.4. The van der Waals surface area contributed by atoms with Gasteiger partial charge in [0.05, 0.1) is 20.3 Å². The average molecular weight is 377 g/mol. The van der Waals surface area contributed by atoms with Gasteiger partial charge in [0.1, 0.15) is 11.5 Å². The number of hydrogen-bond donors (Lipinski definition) is 1. The van der Waals surface area contributed by atoms with E-state index in [4.69, 9.17) is 21.1 Å². The molecule has 5 nitrogen and oxygen atoms in total. The lowest BCUT2D eigenvalue weighted by molar-refractivity contribution is 0.107. The van der Waals surface area contributed by atoms with Crippen molar-refractivity contribution >= 4 is 17.3 Å². The maximum absolute atomic E-state index is 10.7. The molecule has 0 amide bonds. The van der Waals surface area contributed by atoms with E-state index in [1.165, 1.54) is 5.69 Å². The van der Waals surface area contributed by atoms with Crippen molar-refractivity contribution < 1.29 is 14.6 Å². The summed E-state index contributed by atoms with van der Waals surface area (Å²) < 4.78 is 10.7. The SMILES string of the molecule is COc1ccc(OC)c(C(O)CN2CCN(c3ccc(Cl)cc3)CC2)c1. The molecule has 0 spiro atoms. The van der Waals surface area contributed by atoms with Gasteiger partial charge in [0.2, 0.25) is 0 Å². The van der Waals surface area contributed by atoms with Gasteiger partial charge >= 0.3 is 0 Å². The van der Waals surface area contributed by atoms with Gasteiger partial charge in [-0.05, 0) is 42.5 Å². The first-order valence-corrected chi connectivity index (χ1v) is 9.11. The molecule has 1 aliphatic rings. The zero-order chi connectivity index (χ0) is 18.5. The third-order valence-corrected chi connectivity index (χ3v) is 5.04. The number of anilines is 1. The van der Waals surface area contributed by atoms with Crippen molar-refractivity contribution in [2.75, 3.05) is 51.8 Å². The maximum Gasteiger partial charge on any atom is 0.124 e. The molecule has 0 radical (unpaired) electrons. The summed E-state index contributed by atoms with van der Waals surface area (Å²) in [7, 11) is 3.23. The predicted molar refractivity (Wildman–Crippen MR) is 105 cm³/mol. The van der Waals surface area contributed by atoms with Crippen LogP contribution >= 0.6 is 11.6 Å². The molecule has 1 aliphatic heterocycles. The Bertz CT molecular complexity index is 715. The highest BCUT2D eigenvalue weighted by molar-refractivity contribution is 6.30. The van der Waals surface area contributed by atoms with Crippen LogP contribution < -0.4 is 14.4 Å². The van der Waals surface area contributed by atoms with Gasteiger partial charge in [0, 0.05) is 49.0 Å². The first-order chi connectivity index (χ1) is 12.6. The number of halogens is 1. The molecule has 1 unspecified atom stereocenters. The molecule has 1 N–H and O–H groups in total. The van der Waals surface area contributed by atoms with Crippen molar-refractivity contribution in [3.05, 3.63) is 53.1 Å². The van der Waals surface area contributed by atoms with Crippen molar-refractivity contribution in [3.8, 4) is 11.5 Å². The molecule has 0 bridgehead atoms. The topological polar surface area (TPSA) is 45.2 Å². The molecule has 2 aromatic rings. The lowest BCUT2D eigenvalue weighted by Crippen LogP contribution is -2.47. The van der Waals surface area contributed by atoms with E-state index in [-0.39, 0.29) is 0 Å². The summed E-state index contributed by atoms with van der Waals surface area (Å²) in [5.41, 5.74) is 1.94. The summed E-state index contributed by atoms with van der Waals surface area (Å²) in [5.74, 6) is 1.39. The third-order valence-electron chi connectivity index (χ3n) is 4.79. The molecule has 26 heavy (non-hydrogen) atoms. The Hall–Kier alpha value is -1.95. The minimum Gasteiger partial charge on any atom is -0.497 e. The second kappa shape index (κ2) is 8.62. The minimum atomic E-state index is -0.623. The van der Waals surface area contributed by atoms with E-state index < -0.39 is 6.10 Å². The van der Waals surface area contributed by atoms with Crippen molar-refractivity contribution in [1.29, 1.82) is 0 Å². The van der Waals surface area contributed by atoms with E-state index >= 15 is 0 Å². The number of β-amino-alcohol motifs (C(OH)–C–C–N with tert-alkyl or cyclic N) is 1. The van der Waals surface area contributed by atoms with E-state index in [9.17, 15) is 5.11 Å². The zero-order valence-electron chi connectivity index (χ0n) is 15.2. The number of hydrogen-bond acceptors (Lipinski definition) is 5. The number of ether oxygens (including phenoxy) is 2. The van der Waals surface area contributed by atoms with Crippen molar-refractivity contribution in [1.82, 2.24) is 4.90 Å². The van der Waals surface area contributed by atoms with E-state index in [1.807, 2.05) is 42.5 Å². The van der Waals surface area contributed by atoms with Crippen molar-refractivity contribution in [2.45, 2.75) is 6.10 Å². The highest BCUT2D eigenvalue weighted by Gasteiger charge is 2.22. The Morgan fingerprint density at radius 1 is 1.00 bits per heavy atom. The van der Waals surface area contributed by atoms with Gasteiger partial charge < -0.3 is 19.5 Å². The van der Waals surface area contributed by atoms with Crippen LogP contribution in [0.1, 0.15) is 11.7 Å². The first kappa shape index (κ1) is 18.8. The van der Waals surface area contributed by atoms with Crippen LogP contribution in [0, 0.1) is 0 Å². The molecule has 2 aromatic carbocycles. The normalized spacial score (nSPS) is 16.4. The second-order valence-electron chi connectivity index (χ2n) is 6.39. The lowest BCUT2D eigenvalue weighted by atomic mass is 10.1. The van der Waals surface area contributed by atoms with Gasteiger partial charge in [-0.2, -0.15) is 0 Å². The smallest absolute Gasteiger partial charge is 0.124 e. The van der Waals surface area contributed by atoms with Crippen LogP contribution in [0.5, 0.6) is 11.5 Å². The van der Waals surface area contributed by atoms with Gasteiger partial charge in [0.15, 0.2) is 0 Å². The highest BCUT2D eigenvalue weighted by Crippen LogP contribution is 2.30. The van der Waals surface area contributed by atoms with Crippen LogP contribution in [0.4, 0.5) is 5.69 Å². The molecule has 3 rings (SSSR count). The van der Waals surface area contributed by atoms with Crippen LogP contribution in [0.25, 0.3) is 0 Å². The average Bonchev–Trinajstić information content (AvgIpc) is 2.68. The van der Waals surface area contributed by atoms with Crippen LogP contribution in [0.2, 0.25) is 5.02 Å². The van der Waals surface area contributed by atoms with E-state index in [1.54, 1.807) is 14.2 Å². The van der Waals surface area contributed by atoms with Crippen molar-refractivity contribution in [2.24, 2.45) is 0 Å². The molecule has 1 heterocycles. The Labute approximate surface area is 159 Å². The number of aliphatic hydroxyl groups excluding tert-OH is 1. The molecular formula is C20H25ClN2O3. The summed E-state index contributed by atoms with van der Waals surface area (Å²) in [5, 5.41) is 11.5. The maximum atomic E-state index is 10.7. The quantitative estimate of drug-likeness (QED) is 0.838. The van der Waals surface area contributed by atoms with Crippen LogP contribution in [0.3, 0.4) is 0 Å². The number of benzene rings is 2.